The van der Waals surface area contributed by atoms with E-state index in [1.807, 2.05) is 31.2 Å². The predicted molar refractivity (Wildman–Crippen MR) is 109 cm³/mol. The lowest BCUT2D eigenvalue weighted by molar-refractivity contribution is -0.123. The van der Waals surface area contributed by atoms with Gasteiger partial charge in [0.2, 0.25) is 5.01 Å². The summed E-state index contributed by atoms with van der Waals surface area (Å²) in [6.07, 6.45) is 0. The Morgan fingerprint density at radius 1 is 1.00 bits per heavy atom. The molecular formula is C20H20N4O4S. The first kappa shape index (κ1) is 20.3. The summed E-state index contributed by atoms with van der Waals surface area (Å²) in [7, 11) is 1.58. The van der Waals surface area contributed by atoms with Crippen LogP contribution >= 0.6 is 11.3 Å². The van der Waals surface area contributed by atoms with Crippen molar-refractivity contribution in [2.24, 2.45) is 0 Å². The van der Waals surface area contributed by atoms with E-state index in [9.17, 15) is 9.59 Å². The second kappa shape index (κ2) is 9.65. The molecule has 8 nitrogen and oxygen atoms in total. The van der Waals surface area contributed by atoms with Crippen molar-refractivity contribution < 1.29 is 19.1 Å². The molecule has 1 heterocycles. The van der Waals surface area contributed by atoms with Gasteiger partial charge in [-0.2, -0.15) is 0 Å². The van der Waals surface area contributed by atoms with Crippen molar-refractivity contribution in [3.8, 4) is 11.5 Å². The van der Waals surface area contributed by atoms with E-state index in [-0.39, 0.29) is 30.0 Å². The van der Waals surface area contributed by atoms with E-state index in [4.69, 9.17) is 9.47 Å². The summed E-state index contributed by atoms with van der Waals surface area (Å²) in [5, 5.41) is 14.0. The molecule has 150 valence electrons. The van der Waals surface area contributed by atoms with Crippen molar-refractivity contribution in [3.05, 3.63) is 64.1 Å². The fourth-order valence-electron chi connectivity index (χ4n) is 2.28. The van der Waals surface area contributed by atoms with Crippen molar-refractivity contribution in [3.63, 3.8) is 0 Å². The number of rotatable bonds is 8. The first-order valence-corrected chi connectivity index (χ1v) is 9.59. The molecule has 2 N–H and O–H groups in total. The summed E-state index contributed by atoms with van der Waals surface area (Å²) in [5.74, 6) is 0.626. The highest BCUT2D eigenvalue weighted by Crippen LogP contribution is 2.17. The Kier molecular flexibility index (Phi) is 6.75. The minimum Gasteiger partial charge on any atom is -0.497 e. The van der Waals surface area contributed by atoms with E-state index >= 15 is 0 Å². The molecule has 0 bridgehead atoms. The number of methoxy groups -OCH3 is 1. The monoisotopic (exact) mass is 412 g/mol. The maximum absolute atomic E-state index is 12.2. The Labute approximate surface area is 171 Å². The minimum atomic E-state index is -0.341. The Hall–Kier alpha value is -3.46. The quantitative estimate of drug-likeness (QED) is 0.590. The van der Waals surface area contributed by atoms with E-state index in [2.05, 4.69) is 20.8 Å². The average Bonchev–Trinajstić information content (AvgIpc) is 3.22. The largest absolute Gasteiger partial charge is 0.497 e. The number of nitrogens with zero attached hydrogens (tertiary/aromatic N) is 2. The molecule has 2 amide bonds. The number of carbonyl (C=O) groups is 2. The predicted octanol–water partition coefficient (Wildman–Crippen LogP) is 2.80. The molecule has 3 aromatic rings. The van der Waals surface area contributed by atoms with E-state index in [1.165, 1.54) is 0 Å². The van der Waals surface area contributed by atoms with Crippen LogP contribution in [-0.2, 0) is 11.3 Å². The Morgan fingerprint density at radius 3 is 2.38 bits per heavy atom. The number of nitrogens with one attached hydrogen (secondary N) is 2. The van der Waals surface area contributed by atoms with Gasteiger partial charge in [-0.1, -0.05) is 29.0 Å². The van der Waals surface area contributed by atoms with Crippen LogP contribution in [0.15, 0.2) is 48.5 Å². The SMILES string of the molecule is COc1ccc(OCC(=O)NCc2nnc(C(=O)Nc3ccc(C)cc3)s2)cc1. The Balaban J connectivity index is 1.44. The number of aromatic nitrogens is 2. The minimum absolute atomic E-state index is 0.133. The fraction of sp³-hybridized carbons (Fsp3) is 0.200. The summed E-state index contributed by atoms with van der Waals surface area (Å²) >= 11 is 1.12. The summed E-state index contributed by atoms with van der Waals surface area (Å²) < 4.78 is 10.5. The van der Waals surface area contributed by atoms with Crippen molar-refractivity contribution in [2.75, 3.05) is 19.0 Å². The topological polar surface area (TPSA) is 102 Å². The molecule has 0 unspecified atom stereocenters. The smallest absolute Gasteiger partial charge is 0.286 e. The molecule has 0 aliphatic rings. The molecular weight excluding hydrogens is 392 g/mol. The number of carbonyl (C=O) groups excluding carboxylic acids is 2. The number of hydrogen-bond acceptors (Lipinski definition) is 7. The van der Waals surface area contributed by atoms with Crippen molar-refractivity contribution in [1.82, 2.24) is 15.5 Å². The maximum Gasteiger partial charge on any atom is 0.286 e. The molecule has 29 heavy (non-hydrogen) atoms. The summed E-state index contributed by atoms with van der Waals surface area (Å²) in [5.41, 5.74) is 1.79. The standard InChI is InChI=1S/C20H20N4O4S/c1-13-3-5-14(6-4-13)22-19(26)20-24-23-18(29-20)11-21-17(25)12-28-16-9-7-15(27-2)8-10-16/h3-10H,11-12H2,1-2H3,(H,21,25)(H,22,26). The van der Waals surface area contributed by atoms with Gasteiger partial charge in [-0.25, -0.2) is 0 Å². The van der Waals surface area contributed by atoms with Crippen molar-refractivity contribution >= 4 is 28.8 Å². The summed E-state index contributed by atoms with van der Waals surface area (Å²) in [4.78, 5) is 24.2. The van der Waals surface area contributed by atoms with Crippen molar-refractivity contribution in [1.29, 1.82) is 0 Å². The molecule has 1 aromatic heterocycles. The highest BCUT2D eigenvalue weighted by Gasteiger charge is 2.14. The van der Waals surface area contributed by atoms with E-state index in [0.717, 1.165) is 16.9 Å². The normalized spacial score (nSPS) is 10.3. The van der Waals surface area contributed by atoms with Crippen LogP contribution in [0.4, 0.5) is 5.69 Å². The van der Waals surface area contributed by atoms with E-state index in [1.54, 1.807) is 31.4 Å². The van der Waals surface area contributed by atoms with Gasteiger partial charge in [-0.05, 0) is 43.3 Å². The second-order valence-electron chi connectivity index (χ2n) is 6.06. The number of benzene rings is 2. The number of ether oxygens (including phenoxy) is 2. The molecule has 0 aliphatic carbocycles. The van der Waals surface area contributed by atoms with Gasteiger partial charge in [0, 0.05) is 5.69 Å². The third kappa shape index (κ3) is 6.01. The van der Waals surface area contributed by atoms with E-state index < -0.39 is 0 Å². The molecule has 0 saturated heterocycles. The van der Waals surface area contributed by atoms with Crippen LogP contribution in [0.25, 0.3) is 0 Å². The van der Waals surface area contributed by atoms with Gasteiger partial charge >= 0.3 is 0 Å². The average molecular weight is 412 g/mol. The Morgan fingerprint density at radius 2 is 1.69 bits per heavy atom. The van der Waals surface area contributed by atoms with Gasteiger partial charge in [-0.3, -0.25) is 9.59 Å². The van der Waals surface area contributed by atoms with Crippen LogP contribution in [0, 0.1) is 6.92 Å². The molecule has 2 aromatic carbocycles. The first-order chi connectivity index (χ1) is 14.0. The van der Waals surface area contributed by atoms with E-state index in [0.29, 0.717) is 22.2 Å². The third-order valence-electron chi connectivity index (χ3n) is 3.84. The number of anilines is 1. The van der Waals surface area contributed by atoms with Crippen molar-refractivity contribution in [2.45, 2.75) is 13.5 Å². The van der Waals surface area contributed by atoms with Gasteiger partial charge < -0.3 is 20.1 Å². The summed E-state index contributed by atoms with van der Waals surface area (Å²) in [6.45, 7) is 2.01. The zero-order valence-corrected chi connectivity index (χ0v) is 16.8. The van der Waals surface area contributed by atoms with Gasteiger partial charge in [-0.15, -0.1) is 10.2 Å². The summed E-state index contributed by atoms with van der Waals surface area (Å²) in [6, 6.07) is 14.4. The van der Waals surface area contributed by atoms with Crippen LogP contribution in [0.2, 0.25) is 0 Å². The molecule has 0 fully saturated rings. The molecule has 0 radical (unpaired) electrons. The first-order valence-electron chi connectivity index (χ1n) is 8.77. The zero-order chi connectivity index (χ0) is 20.6. The van der Waals surface area contributed by atoms with Gasteiger partial charge in [0.25, 0.3) is 11.8 Å². The lowest BCUT2D eigenvalue weighted by Crippen LogP contribution is -2.28. The van der Waals surface area contributed by atoms with Gasteiger partial charge in [0.05, 0.1) is 13.7 Å². The number of amides is 2. The highest BCUT2D eigenvalue weighted by atomic mass is 32.1. The van der Waals surface area contributed by atoms with Crippen LogP contribution in [0.1, 0.15) is 20.4 Å². The zero-order valence-electron chi connectivity index (χ0n) is 16.0. The highest BCUT2D eigenvalue weighted by molar-refractivity contribution is 7.13. The molecule has 0 aliphatic heterocycles. The third-order valence-corrected chi connectivity index (χ3v) is 4.76. The fourth-order valence-corrected chi connectivity index (χ4v) is 2.96. The molecule has 0 spiro atoms. The van der Waals surface area contributed by atoms with Gasteiger partial charge in [0.1, 0.15) is 16.5 Å². The Bertz CT molecular complexity index is 971. The molecule has 3 rings (SSSR count). The molecule has 9 heteroatoms. The van der Waals surface area contributed by atoms with Crippen LogP contribution in [0.3, 0.4) is 0 Å². The van der Waals surface area contributed by atoms with Crippen LogP contribution in [0.5, 0.6) is 11.5 Å². The maximum atomic E-state index is 12.2. The lowest BCUT2D eigenvalue weighted by Gasteiger charge is -2.07. The molecule has 0 saturated carbocycles. The lowest BCUT2D eigenvalue weighted by atomic mass is 10.2. The van der Waals surface area contributed by atoms with Crippen LogP contribution < -0.4 is 20.1 Å². The second-order valence-corrected chi connectivity index (χ2v) is 7.12. The van der Waals surface area contributed by atoms with Gasteiger partial charge in [0.15, 0.2) is 6.61 Å². The number of aryl methyl sites for hydroxylation is 1. The number of hydrogen-bond donors (Lipinski definition) is 2. The van der Waals surface area contributed by atoms with Crippen LogP contribution in [-0.4, -0.2) is 35.7 Å². The molecule has 0 atom stereocenters.